The number of urea groups is 1. The molecule has 1 aromatic carbocycles. The molecule has 6 rings (SSSR count). The lowest BCUT2D eigenvalue weighted by Gasteiger charge is -2.32. The van der Waals surface area contributed by atoms with Gasteiger partial charge in [-0.3, -0.25) is 9.88 Å². The SMILES string of the molecule is CNC(=O)Nc1ccc(-c2nc(N3CCOCC3)c3cnn(C4CCN(Cc5ccncc5)CC4)c3n2)cc1. The summed E-state index contributed by atoms with van der Waals surface area (Å²) in [6.07, 6.45) is 7.64. The van der Waals surface area contributed by atoms with Crippen LogP contribution in [0.3, 0.4) is 0 Å². The van der Waals surface area contributed by atoms with Gasteiger partial charge in [0.25, 0.3) is 0 Å². The molecule has 0 unspecified atom stereocenters. The van der Waals surface area contributed by atoms with Crippen molar-refractivity contribution in [1.82, 2.24) is 34.9 Å². The van der Waals surface area contributed by atoms with Crippen molar-refractivity contribution in [2.45, 2.75) is 25.4 Å². The van der Waals surface area contributed by atoms with Gasteiger partial charge < -0.3 is 20.3 Å². The van der Waals surface area contributed by atoms with Gasteiger partial charge in [0.05, 0.1) is 30.8 Å². The van der Waals surface area contributed by atoms with Gasteiger partial charge in [-0.1, -0.05) is 0 Å². The minimum absolute atomic E-state index is 0.259. The third-order valence-electron chi connectivity index (χ3n) is 7.43. The molecule has 202 valence electrons. The fourth-order valence-corrected chi connectivity index (χ4v) is 5.29. The monoisotopic (exact) mass is 527 g/mol. The maximum atomic E-state index is 11.7. The summed E-state index contributed by atoms with van der Waals surface area (Å²) in [5.41, 5.74) is 3.74. The van der Waals surface area contributed by atoms with E-state index in [1.54, 1.807) is 7.05 Å². The molecule has 3 aromatic heterocycles. The van der Waals surface area contributed by atoms with Gasteiger partial charge in [0, 0.05) is 63.4 Å². The molecule has 39 heavy (non-hydrogen) atoms. The molecule has 0 atom stereocenters. The number of hydrogen-bond donors (Lipinski definition) is 2. The molecule has 5 heterocycles. The number of rotatable bonds is 6. The van der Waals surface area contributed by atoms with E-state index >= 15 is 0 Å². The summed E-state index contributed by atoms with van der Waals surface area (Å²) in [5, 5.41) is 11.2. The Kier molecular flexibility index (Phi) is 7.33. The number of likely N-dealkylation sites (tertiary alicyclic amines) is 1. The molecule has 0 spiro atoms. The standard InChI is InChI=1S/C28H33N9O2/c1-29-28(38)32-22-4-2-21(3-5-22)25-33-26(36-14-16-39-17-15-36)24-18-31-37(27(24)34-25)23-8-12-35(13-9-23)19-20-6-10-30-11-7-20/h2-7,10-11,18,23H,8-9,12-17,19H2,1H3,(H2,29,32,38). The van der Waals surface area contributed by atoms with Crippen molar-refractivity contribution in [1.29, 1.82) is 0 Å². The van der Waals surface area contributed by atoms with Crippen molar-refractivity contribution in [2.75, 3.05) is 56.7 Å². The first kappa shape index (κ1) is 25.2. The first-order valence-corrected chi connectivity index (χ1v) is 13.5. The fourth-order valence-electron chi connectivity index (χ4n) is 5.29. The molecule has 2 saturated heterocycles. The number of amides is 2. The zero-order valence-corrected chi connectivity index (χ0v) is 22.1. The summed E-state index contributed by atoms with van der Waals surface area (Å²) >= 11 is 0. The zero-order valence-electron chi connectivity index (χ0n) is 22.1. The van der Waals surface area contributed by atoms with Crippen LogP contribution in [0.4, 0.5) is 16.3 Å². The van der Waals surface area contributed by atoms with Crippen molar-refractivity contribution in [3.63, 3.8) is 0 Å². The van der Waals surface area contributed by atoms with E-state index in [1.807, 2.05) is 42.9 Å². The van der Waals surface area contributed by atoms with E-state index in [9.17, 15) is 4.79 Å². The summed E-state index contributed by atoms with van der Waals surface area (Å²) in [6.45, 7) is 5.84. The second-order valence-electron chi connectivity index (χ2n) is 9.94. The van der Waals surface area contributed by atoms with Gasteiger partial charge in [0.2, 0.25) is 0 Å². The van der Waals surface area contributed by atoms with E-state index in [0.29, 0.717) is 24.7 Å². The number of benzene rings is 1. The highest BCUT2D eigenvalue weighted by Crippen LogP contribution is 2.32. The number of piperidine rings is 1. The summed E-state index contributed by atoms with van der Waals surface area (Å²) in [7, 11) is 1.59. The highest BCUT2D eigenvalue weighted by Gasteiger charge is 2.26. The van der Waals surface area contributed by atoms with E-state index in [0.717, 1.165) is 68.0 Å². The molecule has 0 radical (unpaired) electrons. The molecular weight excluding hydrogens is 494 g/mol. The van der Waals surface area contributed by atoms with Gasteiger partial charge >= 0.3 is 6.03 Å². The van der Waals surface area contributed by atoms with Crippen LogP contribution in [0, 0.1) is 0 Å². The van der Waals surface area contributed by atoms with Crippen molar-refractivity contribution in [3.05, 3.63) is 60.6 Å². The van der Waals surface area contributed by atoms with E-state index in [1.165, 1.54) is 5.56 Å². The smallest absolute Gasteiger partial charge is 0.318 e. The first-order chi connectivity index (χ1) is 19.2. The van der Waals surface area contributed by atoms with E-state index in [2.05, 4.69) is 42.2 Å². The van der Waals surface area contributed by atoms with Crippen LogP contribution in [0.5, 0.6) is 0 Å². The molecule has 11 heteroatoms. The zero-order chi connectivity index (χ0) is 26.6. The third-order valence-corrected chi connectivity index (χ3v) is 7.43. The Morgan fingerprint density at radius 3 is 2.46 bits per heavy atom. The van der Waals surface area contributed by atoms with Gasteiger partial charge in [-0.15, -0.1) is 0 Å². The minimum Gasteiger partial charge on any atom is -0.378 e. The highest BCUT2D eigenvalue weighted by molar-refractivity contribution is 5.90. The normalized spacial score (nSPS) is 16.9. The number of carbonyl (C=O) groups is 1. The van der Waals surface area contributed by atoms with Crippen molar-refractivity contribution in [2.24, 2.45) is 0 Å². The minimum atomic E-state index is -0.259. The van der Waals surface area contributed by atoms with Crippen LogP contribution < -0.4 is 15.5 Å². The number of hydrogen-bond acceptors (Lipinski definition) is 8. The summed E-state index contributed by atoms with van der Waals surface area (Å²) < 4.78 is 7.71. The first-order valence-electron chi connectivity index (χ1n) is 13.5. The van der Waals surface area contributed by atoms with Gasteiger partial charge in [-0.2, -0.15) is 5.10 Å². The summed E-state index contributed by atoms with van der Waals surface area (Å²) in [6, 6.07) is 11.8. The largest absolute Gasteiger partial charge is 0.378 e. The molecule has 2 N–H and O–H groups in total. The number of nitrogens with one attached hydrogen (secondary N) is 2. The van der Waals surface area contributed by atoms with Gasteiger partial charge in [0.1, 0.15) is 5.82 Å². The van der Waals surface area contributed by atoms with E-state index in [-0.39, 0.29) is 12.1 Å². The average molecular weight is 528 g/mol. The predicted octanol–water partition coefficient (Wildman–Crippen LogP) is 3.31. The topological polar surface area (TPSA) is 113 Å². The summed E-state index contributed by atoms with van der Waals surface area (Å²) in [5.74, 6) is 1.54. The Morgan fingerprint density at radius 2 is 1.74 bits per heavy atom. The second kappa shape index (κ2) is 11.3. The maximum absolute atomic E-state index is 11.7. The Hall–Kier alpha value is -4.09. The lowest BCUT2D eigenvalue weighted by atomic mass is 10.0. The molecule has 0 bridgehead atoms. The molecule has 2 aliphatic rings. The molecular formula is C28H33N9O2. The molecule has 11 nitrogen and oxygen atoms in total. The molecule has 4 aromatic rings. The number of ether oxygens (including phenoxy) is 1. The van der Waals surface area contributed by atoms with E-state index in [4.69, 9.17) is 19.8 Å². The Bertz CT molecular complexity index is 1410. The number of pyridine rings is 1. The number of carbonyl (C=O) groups excluding carboxylic acids is 1. The fraction of sp³-hybridized carbons (Fsp3) is 0.393. The molecule has 0 saturated carbocycles. The maximum Gasteiger partial charge on any atom is 0.318 e. The lowest BCUT2D eigenvalue weighted by Crippen LogP contribution is -2.37. The van der Waals surface area contributed by atoms with Crippen LogP contribution in [0.1, 0.15) is 24.4 Å². The van der Waals surface area contributed by atoms with Gasteiger partial charge in [0.15, 0.2) is 11.5 Å². The lowest BCUT2D eigenvalue weighted by molar-refractivity contribution is 0.122. The second-order valence-corrected chi connectivity index (χ2v) is 9.94. The Labute approximate surface area is 227 Å². The molecule has 2 amide bonds. The Balaban J connectivity index is 1.29. The number of fused-ring (bicyclic) bond motifs is 1. The quantitative estimate of drug-likeness (QED) is 0.393. The number of nitrogens with zero attached hydrogens (tertiary/aromatic N) is 7. The molecule has 2 fully saturated rings. The van der Waals surface area contributed by atoms with Crippen LogP contribution in [-0.2, 0) is 11.3 Å². The highest BCUT2D eigenvalue weighted by atomic mass is 16.5. The van der Waals surface area contributed by atoms with Crippen LogP contribution in [0.15, 0.2) is 55.0 Å². The van der Waals surface area contributed by atoms with Gasteiger partial charge in [-0.25, -0.2) is 19.4 Å². The Morgan fingerprint density at radius 1 is 1.00 bits per heavy atom. The van der Waals surface area contributed by atoms with Crippen LogP contribution >= 0.6 is 0 Å². The molecule has 0 aliphatic carbocycles. The van der Waals surface area contributed by atoms with E-state index < -0.39 is 0 Å². The summed E-state index contributed by atoms with van der Waals surface area (Å²) in [4.78, 5) is 30.6. The number of aromatic nitrogens is 5. The molecule has 2 aliphatic heterocycles. The number of anilines is 2. The number of morpholine rings is 1. The third kappa shape index (κ3) is 5.55. The van der Waals surface area contributed by atoms with Gasteiger partial charge in [-0.05, 0) is 54.8 Å². The average Bonchev–Trinajstić information content (AvgIpc) is 3.42. The van der Waals surface area contributed by atoms with Crippen molar-refractivity contribution >= 4 is 28.6 Å². The predicted molar refractivity (Wildman–Crippen MR) is 150 cm³/mol. The van der Waals surface area contributed by atoms with Crippen molar-refractivity contribution < 1.29 is 9.53 Å². The van der Waals surface area contributed by atoms with Crippen molar-refractivity contribution in [3.8, 4) is 11.4 Å². The van der Waals surface area contributed by atoms with Crippen LogP contribution in [0.25, 0.3) is 22.4 Å². The van der Waals surface area contributed by atoms with Crippen LogP contribution in [0.2, 0.25) is 0 Å². The van der Waals surface area contributed by atoms with Crippen LogP contribution in [-0.4, -0.2) is 82.1 Å².